The largest absolute Gasteiger partial charge is 0.483 e. The van der Waals surface area contributed by atoms with Crippen molar-refractivity contribution < 1.29 is 23.5 Å². The van der Waals surface area contributed by atoms with E-state index in [1.165, 1.54) is 18.2 Å². The van der Waals surface area contributed by atoms with E-state index in [9.17, 15) is 18.8 Å². The monoisotopic (exact) mass is 483 g/mol. The zero-order valence-corrected chi connectivity index (χ0v) is 18.9. The van der Waals surface area contributed by atoms with Gasteiger partial charge in [0.1, 0.15) is 11.6 Å². The Morgan fingerprint density at radius 2 is 1.56 bits per heavy atom. The Bertz CT molecular complexity index is 1150. The van der Waals surface area contributed by atoms with Gasteiger partial charge in [0, 0.05) is 23.7 Å². The summed E-state index contributed by atoms with van der Waals surface area (Å²) in [6.07, 6.45) is 0.649. The smallest absolute Gasteiger partial charge is 0.262 e. The number of rotatable bonds is 10. The molecule has 0 spiro atoms. The molecular weight excluding hydrogens is 461 g/mol. The van der Waals surface area contributed by atoms with Crippen LogP contribution in [0.1, 0.15) is 23.2 Å². The van der Waals surface area contributed by atoms with Gasteiger partial charge in [-0.3, -0.25) is 14.4 Å². The summed E-state index contributed by atoms with van der Waals surface area (Å²) in [5.74, 6) is -1.49. The number of para-hydroxylation sites is 2. The predicted molar refractivity (Wildman–Crippen MR) is 129 cm³/mol. The number of amides is 3. The lowest BCUT2D eigenvalue weighted by atomic mass is 10.2. The third-order valence-corrected chi connectivity index (χ3v) is 4.88. The van der Waals surface area contributed by atoms with Crippen molar-refractivity contribution in [3.8, 4) is 5.75 Å². The van der Waals surface area contributed by atoms with E-state index in [-0.39, 0.29) is 35.9 Å². The summed E-state index contributed by atoms with van der Waals surface area (Å²) in [4.78, 5) is 36.7. The lowest BCUT2D eigenvalue weighted by molar-refractivity contribution is -0.118. The maximum absolute atomic E-state index is 13.7. The SMILES string of the molecule is O=C(CCCNC(=O)c1ccccc1OCC(=O)Nc1ccccc1F)Nc1ccc(Cl)cc1. The Kier molecular flexibility index (Phi) is 8.99. The molecule has 3 aromatic carbocycles. The predicted octanol–water partition coefficient (Wildman–Crippen LogP) is 4.65. The number of carbonyl (C=O) groups is 3. The zero-order chi connectivity index (χ0) is 24.3. The van der Waals surface area contributed by atoms with Crippen LogP contribution in [0.15, 0.2) is 72.8 Å². The van der Waals surface area contributed by atoms with Gasteiger partial charge in [-0.15, -0.1) is 0 Å². The zero-order valence-electron chi connectivity index (χ0n) is 18.1. The Morgan fingerprint density at radius 1 is 0.853 bits per heavy atom. The molecule has 0 bridgehead atoms. The second-order valence-electron chi connectivity index (χ2n) is 7.23. The highest BCUT2D eigenvalue weighted by atomic mass is 35.5. The summed E-state index contributed by atoms with van der Waals surface area (Å²) >= 11 is 5.82. The number of nitrogens with one attached hydrogen (secondary N) is 3. The second-order valence-corrected chi connectivity index (χ2v) is 7.66. The first-order valence-corrected chi connectivity index (χ1v) is 10.9. The van der Waals surface area contributed by atoms with E-state index in [0.29, 0.717) is 17.1 Å². The number of ether oxygens (including phenoxy) is 1. The van der Waals surface area contributed by atoms with Crippen LogP contribution in [0, 0.1) is 5.82 Å². The molecule has 0 aromatic heterocycles. The molecule has 0 saturated carbocycles. The molecule has 3 N–H and O–H groups in total. The first-order chi connectivity index (χ1) is 16.4. The molecule has 0 aliphatic rings. The summed E-state index contributed by atoms with van der Waals surface area (Å²) in [6.45, 7) is -0.127. The summed E-state index contributed by atoms with van der Waals surface area (Å²) in [5, 5.41) is 8.49. The standard InChI is InChI=1S/C25H23ClFN3O4/c26-17-11-13-18(14-12-17)29-23(31)10-5-15-28-25(33)19-6-1-4-9-22(19)34-16-24(32)30-21-8-3-2-7-20(21)27/h1-4,6-9,11-14H,5,10,15-16H2,(H,28,33)(H,29,31)(H,30,32). The lowest BCUT2D eigenvalue weighted by Crippen LogP contribution is -2.27. The van der Waals surface area contributed by atoms with Crippen molar-refractivity contribution >= 4 is 40.7 Å². The highest BCUT2D eigenvalue weighted by Crippen LogP contribution is 2.19. The van der Waals surface area contributed by atoms with Gasteiger partial charge in [0.2, 0.25) is 5.91 Å². The van der Waals surface area contributed by atoms with E-state index in [0.717, 1.165) is 0 Å². The maximum atomic E-state index is 13.7. The molecule has 0 atom stereocenters. The minimum absolute atomic E-state index is 0.0437. The van der Waals surface area contributed by atoms with Gasteiger partial charge < -0.3 is 20.7 Å². The van der Waals surface area contributed by atoms with Gasteiger partial charge in [0.05, 0.1) is 11.3 Å². The molecule has 0 saturated heterocycles. The molecule has 3 amide bonds. The third kappa shape index (κ3) is 7.60. The van der Waals surface area contributed by atoms with Crippen molar-refractivity contribution in [2.75, 3.05) is 23.8 Å². The van der Waals surface area contributed by atoms with Crippen LogP contribution in [0.25, 0.3) is 0 Å². The summed E-state index contributed by atoms with van der Waals surface area (Å²) in [7, 11) is 0. The number of anilines is 2. The molecule has 176 valence electrons. The fourth-order valence-corrected chi connectivity index (χ4v) is 3.10. The van der Waals surface area contributed by atoms with Gasteiger partial charge in [-0.05, 0) is 55.0 Å². The number of benzene rings is 3. The first kappa shape index (κ1) is 24.7. The van der Waals surface area contributed by atoms with Crippen molar-refractivity contribution in [2.24, 2.45) is 0 Å². The number of halogens is 2. The van der Waals surface area contributed by atoms with E-state index in [1.54, 1.807) is 54.6 Å². The molecule has 34 heavy (non-hydrogen) atoms. The van der Waals surface area contributed by atoms with Crippen LogP contribution in [-0.4, -0.2) is 30.9 Å². The molecule has 0 heterocycles. The second kappa shape index (κ2) is 12.4. The molecule has 0 fully saturated rings. The van der Waals surface area contributed by atoms with Crippen LogP contribution in [0.3, 0.4) is 0 Å². The van der Waals surface area contributed by atoms with Gasteiger partial charge in [-0.2, -0.15) is 0 Å². The van der Waals surface area contributed by atoms with Crippen LogP contribution >= 0.6 is 11.6 Å². The van der Waals surface area contributed by atoms with E-state index in [2.05, 4.69) is 16.0 Å². The highest BCUT2D eigenvalue weighted by molar-refractivity contribution is 6.30. The van der Waals surface area contributed by atoms with E-state index in [1.807, 2.05) is 0 Å². The highest BCUT2D eigenvalue weighted by Gasteiger charge is 2.14. The summed E-state index contributed by atoms with van der Waals surface area (Å²) < 4.78 is 19.1. The van der Waals surface area contributed by atoms with Crippen molar-refractivity contribution in [2.45, 2.75) is 12.8 Å². The minimum Gasteiger partial charge on any atom is -0.483 e. The number of hydrogen-bond donors (Lipinski definition) is 3. The Morgan fingerprint density at radius 3 is 2.32 bits per heavy atom. The van der Waals surface area contributed by atoms with Crippen LogP contribution in [-0.2, 0) is 9.59 Å². The maximum Gasteiger partial charge on any atom is 0.262 e. The molecule has 9 heteroatoms. The average Bonchev–Trinajstić information content (AvgIpc) is 2.83. The summed E-state index contributed by atoms with van der Waals surface area (Å²) in [5.41, 5.74) is 0.928. The lowest BCUT2D eigenvalue weighted by Gasteiger charge is -2.12. The number of hydrogen-bond acceptors (Lipinski definition) is 4. The van der Waals surface area contributed by atoms with Gasteiger partial charge in [-0.25, -0.2) is 4.39 Å². The quantitative estimate of drug-likeness (QED) is 0.366. The number of carbonyl (C=O) groups excluding carboxylic acids is 3. The minimum atomic E-state index is -0.563. The molecule has 7 nitrogen and oxygen atoms in total. The first-order valence-electron chi connectivity index (χ1n) is 10.5. The Labute approximate surface area is 201 Å². The fraction of sp³-hybridized carbons (Fsp3) is 0.160. The molecular formula is C25H23ClFN3O4. The third-order valence-electron chi connectivity index (χ3n) is 4.63. The van der Waals surface area contributed by atoms with Crippen molar-refractivity contribution in [3.63, 3.8) is 0 Å². The van der Waals surface area contributed by atoms with Crippen LogP contribution < -0.4 is 20.7 Å². The normalized spacial score (nSPS) is 10.3. The van der Waals surface area contributed by atoms with Crippen molar-refractivity contribution in [3.05, 3.63) is 89.2 Å². The van der Waals surface area contributed by atoms with Gasteiger partial charge in [0.25, 0.3) is 11.8 Å². The molecule has 3 aromatic rings. The van der Waals surface area contributed by atoms with E-state index >= 15 is 0 Å². The molecule has 3 rings (SSSR count). The van der Waals surface area contributed by atoms with Crippen molar-refractivity contribution in [1.29, 1.82) is 0 Å². The summed E-state index contributed by atoms with van der Waals surface area (Å²) in [6, 6.07) is 19.0. The van der Waals surface area contributed by atoms with Gasteiger partial charge >= 0.3 is 0 Å². The average molecular weight is 484 g/mol. The Balaban J connectivity index is 1.44. The molecule has 0 unspecified atom stereocenters. The topological polar surface area (TPSA) is 96.5 Å². The van der Waals surface area contributed by atoms with Crippen LogP contribution in [0.4, 0.5) is 15.8 Å². The molecule has 0 aliphatic carbocycles. The van der Waals surface area contributed by atoms with Crippen LogP contribution in [0.2, 0.25) is 5.02 Å². The Hall–Kier alpha value is -3.91. The van der Waals surface area contributed by atoms with Crippen LogP contribution in [0.5, 0.6) is 5.75 Å². The van der Waals surface area contributed by atoms with Gasteiger partial charge in [-0.1, -0.05) is 35.9 Å². The fourth-order valence-electron chi connectivity index (χ4n) is 2.98. The van der Waals surface area contributed by atoms with E-state index < -0.39 is 24.2 Å². The van der Waals surface area contributed by atoms with E-state index in [4.69, 9.17) is 16.3 Å². The van der Waals surface area contributed by atoms with Gasteiger partial charge in [0.15, 0.2) is 6.61 Å². The van der Waals surface area contributed by atoms with Crippen molar-refractivity contribution in [1.82, 2.24) is 5.32 Å². The molecule has 0 aliphatic heterocycles. The molecule has 0 radical (unpaired) electrons.